The smallest absolute Gasteiger partial charge is 0.0292 e. The highest BCUT2D eigenvalue weighted by molar-refractivity contribution is 7.99. The molecule has 2 heteroatoms. The molecule has 1 N–H and O–H groups in total. The van der Waals surface area contributed by atoms with Gasteiger partial charge in [-0.05, 0) is 37.1 Å². The minimum absolute atomic E-state index is 0.464. The van der Waals surface area contributed by atoms with E-state index in [9.17, 15) is 0 Å². The van der Waals surface area contributed by atoms with Crippen LogP contribution in [0.5, 0.6) is 0 Å². The van der Waals surface area contributed by atoms with E-state index < -0.39 is 0 Å². The summed E-state index contributed by atoms with van der Waals surface area (Å²) in [7, 11) is 2.02. The Morgan fingerprint density at radius 3 is 3.00 bits per heavy atom. The number of nitrogens with one attached hydrogen (secondary N) is 1. The minimum Gasteiger partial charge on any atom is -0.313 e. The van der Waals surface area contributed by atoms with Gasteiger partial charge in [-0.2, -0.15) is 0 Å². The Balaban J connectivity index is 2.46. The van der Waals surface area contributed by atoms with Crippen molar-refractivity contribution in [1.29, 1.82) is 0 Å². The summed E-state index contributed by atoms with van der Waals surface area (Å²) in [6.45, 7) is 4.55. The van der Waals surface area contributed by atoms with E-state index in [4.69, 9.17) is 0 Å². The third-order valence-electron chi connectivity index (χ3n) is 2.98. The average Bonchev–Trinajstić information content (AvgIpc) is 2.59. The van der Waals surface area contributed by atoms with Crippen molar-refractivity contribution < 1.29 is 0 Å². The Bertz CT molecular complexity index is 335. The summed E-state index contributed by atoms with van der Waals surface area (Å²) in [6, 6.07) is 7.14. The third kappa shape index (κ3) is 1.57. The molecule has 0 bridgehead atoms. The Morgan fingerprint density at radius 2 is 2.29 bits per heavy atom. The molecule has 14 heavy (non-hydrogen) atoms. The number of fused-ring (bicyclic) bond motifs is 1. The van der Waals surface area contributed by atoms with Crippen LogP contribution in [0, 0.1) is 0 Å². The monoisotopic (exact) mass is 207 g/mol. The van der Waals surface area contributed by atoms with Crippen LogP contribution < -0.4 is 5.32 Å². The lowest BCUT2D eigenvalue weighted by atomic mass is 9.93. The van der Waals surface area contributed by atoms with Crippen molar-refractivity contribution in [3.63, 3.8) is 0 Å². The summed E-state index contributed by atoms with van der Waals surface area (Å²) in [5.41, 5.74) is 3.04. The molecule has 1 aliphatic rings. The van der Waals surface area contributed by atoms with Gasteiger partial charge in [0, 0.05) is 16.7 Å². The Morgan fingerprint density at radius 1 is 1.50 bits per heavy atom. The molecule has 0 fully saturated rings. The maximum atomic E-state index is 3.32. The van der Waals surface area contributed by atoms with Gasteiger partial charge < -0.3 is 5.32 Å². The summed E-state index contributed by atoms with van der Waals surface area (Å²) in [5.74, 6) is 1.95. The summed E-state index contributed by atoms with van der Waals surface area (Å²) >= 11 is 1.99. The molecule has 0 aromatic heterocycles. The minimum atomic E-state index is 0.464. The summed E-state index contributed by atoms with van der Waals surface area (Å²) in [4.78, 5) is 1.48. The van der Waals surface area contributed by atoms with Crippen molar-refractivity contribution in [1.82, 2.24) is 5.32 Å². The highest BCUT2D eigenvalue weighted by Gasteiger charge is 2.23. The van der Waals surface area contributed by atoms with Gasteiger partial charge >= 0.3 is 0 Å². The highest BCUT2D eigenvalue weighted by Crippen LogP contribution is 2.42. The number of hydrogen-bond acceptors (Lipinski definition) is 2. The van der Waals surface area contributed by atoms with Crippen molar-refractivity contribution in [3.8, 4) is 0 Å². The van der Waals surface area contributed by atoms with E-state index in [1.54, 1.807) is 5.56 Å². The topological polar surface area (TPSA) is 12.0 Å². The summed E-state index contributed by atoms with van der Waals surface area (Å²) in [5, 5.41) is 3.32. The molecule has 1 nitrogen and oxygen atoms in total. The van der Waals surface area contributed by atoms with Gasteiger partial charge in [-0.1, -0.05) is 19.1 Å². The zero-order chi connectivity index (χ0) is 10.1. The van der Waals surface area contributed by atoms with Crippen LogP contribution in [-0.4, -0.2) is 12.8 Å². The second-order valence-electron chi connectivity index (χ2n) is 3.98. The molecule has 2 atom stereocenters. The van der Waals surface area contributed by atoms with E-state index in [1.807, 2.05) is 18.8 Å². The molecule has 1 aromatic carbocycles. The molecule has 1 aliphatic heterocycles. The number of benzene rings is 1. The van der Waals surface area contributed by atoms with E-state index in [0.717, 1.165) is 0 Å². The largest absolute Gasteiger partial charge is 0.313 e. The Kier molecular flexibility index (Phi) is 2.84. The average molecular weight is 207 g/mol. The molecule has 1 aromatic rings. The fourth-order valence-electron chi connectivity index (χ4n) is 2.05. The van der Waals surface area contributed by atoms with E-state index >= 15 is 0 Å². The van der Waals surface area contributed by atoms with Gasteiger partial charge in [-0.25, -0.2) is 0 Å². The van der Waals surface area contributed by atoms with E-state index in [1.165, 1.54) is 16.2 Å². The van der Waals surface area contributed by atoms with Gasteiger partial charge in [-0.3, -0.25) is 0 Å². The van der Waals surface area contributed by atoms with E-state index in [2.05, 4.69) is 37.4 Å². The molecule has 0 radical (unpaired) electrons. The molecule has 0 saturated carbocycles. The van der Waals surface area contributed by atoms with Crippen molar-refractivity contribution in [2.75, 3.05) is 12.8 Å². The van der Waals surface area contributed by atoms with Gasteiger partial charge in [-0.15, -0.1) is 11.8 Å². The van der Waals surface area contributed by atoms with Crippen LogP contribution in [-0.2, 0) is 0 Å². The predicted octanol–water partition coefficient (Wildman–Crippen LogP) is 3.18. The first kappa shape index (κ1) is 10.1. The van der Waals surface area contributed by atoms with Crippen LogP contribution in [0.15, 0.2) is 23.1 Å². The van der Waals surface area contributed by atoms with Crippen molar-refractivity contribution in [3.05, 3.63) is 29.3 Å². The predicted molar refractivity (Wildman–Crippen MR) is 63.1 cm³/mol. The molecule has 2 unspecified atom stereocenters. The lowest BCUT2D eigenvalue weighted by molar-refractivity contribution is 0.637. The number of hydrogen-bond donors (Lipinski definition) is 1. The van der Waals surface area contributed by atoms with E-state index in [0.29, 0.717) is 12.0 Å². The van der Waals surface area contributed by atoms with Crippen LogP contribution >= 0.6 is 11.8 Å². The zero-order valence-corrected chi connectivity index (χ0v) is 9.82. The molecule has 0 aliphatic carbocycles. The van der Waals surface area contributed by atoms with Crippen molar-refractivity contribution in [2.24, 2.45) is 0 Å². The van der Waals surface area contributed by atoms with Crippen LogP contribution in [0.25, 0.3) is 0 Å². The van der Waals surface area contributed by atoms with Crippen LogP contribution in [0.2, 0.25) is 0 Å². The Hall–Kier alpha value is -0.470. The van der Waals surface area contributed by atoms with E-state index in [-0.39, 0.29) is 0 Å². The zero-order valence-electron chi connectivity index (χ0n) is 9.00. The summed E-state index contributed by atoms with van der Waals surface area (Å²) in [6.07, 6.45) is 0. The second kappa shape index (κ2) is 3.95. The molecule has 2 rings (SSSR count). The second-order valence-corrected chi connectivity index (χ2v) is 5.04. The molecular formula is C12H17NS. The van der Waals surface area contributed by atoms with Crippen LogP contribution in [0.4, 0.5) is 0 Å². The molecule has 0 amide bonds. The molecule has 1 heterocycles. The maximum Gasteiger partial charge on any atom is 0.0292 e. The van der Waals surface area contributed by atoms with Gasteiger partial charge in [0.1, 0.15) is 0 Å². The lowest BCUT2D eigenvalue weighted by Gasteiger charge is -2.17. The maximum absolute atomic E-state index is 3.32. The van der Waals surface area contributed by atoms with Gasteiger partial charge in [0.2, 0.25) is 0 Å². The normalized spacial score (nSPS) is 22.1. The molecule has 0 spiro atoms. The fraction of sp³-hybridized carbons (Fsp3) is 0.500. The molecule has 0 saturated heterocycles. The SMILES string of the molecule is CNC(C)c1cccc2c1C(C)CS2. The first-order chi connectivity index (χ1) is 6.74. The van der Waals surface area contributed by atoms with Crippen LogP contribution in [0.3, 0.4) is 0 Å². The third-order valence-corrected chi connectivity index (χ3v) is 4.31. The Labute approximate surface area is 90.3 Å². The van der Waals surface area contributed by atoms with Gasteiger partial charge in [0.15, 0.2) is 0 Å². The van der Waals surface area contributed by atoms with Crippen molar-refractivity contribution in [2.45, 2.75) is 30.7 Å². The molecular weight excluding hydrogens is 190 g/mol. The molecule has 76 valence electrons. The van der Waals surface area contributed by atoms with Gasteiger partial charge in [0.25, 0.3) is 0 Å². The van der Waals surface area contributed by atoms with Crippen molar-refractivity contribution >= 4 is 11.8 Å². The summed E-state index contributed by atoms with van der Waals surface area (Å²) < 4.78 is 0. The standard InChI is InChI=1S/C12H17NS/c1-8-7-14-11-6-4-5-10(12(8)11)9(2)13-3/h4-6,8-9,13H,7H2,1-3H3. The van der Waals surface area contributed by atoms with Crippen LogP contribution in [0.1, 0.15) is 36.9 Å². The first-order valence-corrected chi connectivity index (χ1v) is 6.15. The number of thioether (sulfide) groups is 1. The number of rotatable bonds is 2. The quantitative estimate of drug-likeness (QED) is 0.799. The van der Waals surface area contributed by atoms with Gasteiger partial charge in [0.05, 0.1) is 0 Å². The first-order valence-electron chi connectivity index (χ1n) is 5.17. The highest BCUT2D eigenvalue weighted by atomic mass is 32.2. The fourth-order valence-corrected chi connectivity index (χ4v) is 3.29. The lowest BCUT2D eigenvalue weighted by Crippen LogP contribution is -2.14.